The van der Waals surface area contributed by atoms with Gasteiger partial charge in [-0.25, -0.2) is 0 Å². The Morgan fingerprint density at radius 1 is 0.316 bits per heavy atom. The average molecular weight is 755 g/mol. The number of fused-ring (bicyclic) bond motifs is 2. The molecule has 3 heteroatoms. The zero-order valence-corrected chi connectivity index (χ0v) is 33.3. The zero-order chi connectivity index (χ0) is 38.6. The molecule has 9 rings (SSSR count). The maximum atomic E-state index is 2.50. The standard InChI is InChI=1S/C54H46N2S/c1-3-57(4-2)53-39-45(41-31-35-51(36-32-41)55(47-17-9-5-10-18-47)48-19-11-6-12-20-48)29-27-43(53)25-26-44-28-30-46(40-54(44)57)42-33-37-52(38-34-42)56(49-21-13-7-14-22-49)50-23-15-8-16-24-50/h5-40H,3-4H2,1-2H3. The molecule has 2 nitrogen and oxygen atoms in total. The molecule has 0 aliphatic carbocycles. The van der Waals surface area contributed by atoms with Gasteiger partial charge < -0.3 is 9.80 Å². The van der Waals surface area contributed by atoms with E-state index >= 15 is 0 Å². The number of benzene rings is 8. The van der Waals surface area contributed by atoms with Crippen molar-refractivity contribution in [1.82, 2.24) is 0 Å². The van der Waals surface area contributed by atoms with Gasteiger partial charge in [-0.1, -0.05) is 147 Å². The molecule has 0 saturated carbocycles. The second-order valence-corrected chi connectivity index (χ2v) is 18.2. The number of hydrogen-bond donors (Lipinski definition) is 0. The molecule has 0 atom stereocenters. The van der Waals surface area contributed by atoms with E-state index in [0.29, 0.717) is 0 Å². The van der Waals surface area contributed by atoms with E-state index in [1.165, 1.54) is 43.2 Å². The normalized spacial score (nSPS) is 13.2. The summed E-state index contributed by atoms with van der Waals surface area (Å²) in [6.45, 7) is 4.79. The summed E-state index contributed by atoms with van der Waals surface area (Å²) >= 11 is 0. The molecule has 0 N–H and O–H groups in total. The van der Waals surface area contributed by atoms with Crippen molar-refractivity contribution in [3.05, 3.63) is 217 Å². The Kier molecular flexibility index (Phi) is 10.1. The Morgan fingerprint density at radius 2 is 0.596 bits per heavy atom. The van der Waals surface area contributed by atoms with Crippen LogP contribution in [0.1, 0.15) is 25.0 Å². The highest BCUT2D eigenvalue weighted by molar-refractivity contribution is 8.33. The number of nitrogens with zero attached hydrogens (tertiary/aromatic N) is 2. The summed E-state index contributed by atoms with van der Waals surface area (Å²) in [4.78, 5) is 7.60. The number of para-hydroxylation sites is 4. The Balaban J connectivity index is 1.06. The molecule has 1 heterocycles. The third-order valence-electron chi connectivity index (χ3n) is 11.3. The summed E-state index contributed by atoms with van der Waals surface area (Å²) in [5, 5.41) is 0. The SMILES string of the molecule is CCS1(CC)c2cc(-c3ccc(N(c4ccccc4)c4ccccc4)cc3)ccc2C=Cc2ccc(-c3ccc(N(c4ccccc4)c4ccccc4)cc3)cc21. The first-order chi connectivity index (χ1) is 28.1. The molecule has 8 aromatic carbocycles. The van der Waals surface area contributed by atoms with Gasteiger partial charge in [-0.05, 0) is 130 Å². The minimum absolute atomic E-state index is 1.09. The Morgan fingerprint density at radius 3 is 0.895 bits per heavy atom. The van der Waals surface area contributed by atoms with E-state index in [-0.39, 0.29) is 0 Å². The molecule has 0 bridgehead atoms. The van der Waals surface area contributed by atoms with Crippen LogP contribution in [0.2, 0.25) is 0 Å². The van der Waals surface area contributed by atoms with Crippen molar-refractivity contribution in [3.8, 4) is 22.3 Å². The Labute approximate surface area is 339 Å². The van der Waals surface area contributed by atoms with Crippen LogP contribution in [0.3, 0.4) is 0 Å². The first kappa shape index (κ1) is 36.1. The molecule has 0 fully saturated rings. The Bertz CT molecular complexity index is 2350. The van der Waals surface area contributed by atoms with Crippen LogP contribution in [-0.4, -0.2) is 11.5 Å². The van der Waals surface area contributed by atoms with Gasteiger partial charge in [-0.15, -0.1) is 0 Å². The van der Waals surface area contributed by atoms with Crippen LogP contribution in [0, 0.1) is 0 Å². The first-order valence-corrected chi connectivity index (χ1v) is 21.9. The zero-order valence-electron chi connectivity index (χ0n) is 32.5. The summed E-state index contributed by atoms with van der Waals surface area (Å²) in [6, 6.07) is 74.9. The van der Waals surface area contributed by atoms with Crippen LogP contribution in [-0.2, 0) is 0 Å². The van der Waals surface area contributed by atoms with E-state index in [2.05, 4.69) is 242 Å². The number of rotatable bonds is 10. The van der Waals surface area contributed by atoms with Gasteiger partial charge in [0.25, 0.3) is 0 Å². The van der Waals surface area contributed by atoms with Gasteiger partial charge >= 0.3 is 0 Å². The molecule has 1 aliphatic rings. The average Bonchev–Trinajstić information content (AvgIpc) is 3.42. The molecule has 0 amide bonds. The van der Waals surface area contributed by atoms with E-state index in [4.69, 9.17) is 0 Å². The quantitative estimate of drug-likeness (QED) is 0.137. The minimum atomic E-state index is -1.36. The van der Waals surface area contributed by atoms with Crippen LogP contribution in [0.25, 0.3) is 34.4 Å². The van der Waals surface area contributed by atoms with Gasteiger partial charge in [0.15, 0.2) is 0 Å². The highest BCUT2D eigenvalue weighted by atomic mass is 32.3. The number of anilines is 6. The molecule has 57 heavy (non-hydrogen) atoms. The van der Waals surface area contributed by atoms with Crippen molar-refractivity contribution in [2.75, 3.05) is 21.3 Å². The van der Waals surface area contributed by atoms with Gasteiger partial charge in [0, 0.05) is 43.9 Å². The third kappa shape index (κ3) is 6.96. The summed E-state index contributed by atoms with van der Waals surface area (Å²) < 4.78 is 0. The van der Waals surface area contributed by atoms with E-state index in [0.717, 1.165) is 45.6 Å². The fourth-order valence-corrected chi connectivity index (χ4v) is 12.1. The van der Waals surface area contributed by atoms with Crippen molar-refractivity contribution < 1.29 is 0 Å². The second-order valence-electron chi connectivity index (χ2n) is 14.4. The molecule has 8 aromatic rings. The van der Waals surface area contributed by atoms with Crippen LogP contribution in [0.5, 0.6) is 0 Å². The lowest BCUT2D eigenvalue weighted by Crippen LogP contribution is -2.10. The fourth-order valence-electron chi connectivity index (χ4n) is 8.31. The maximum Gasteiger partial charge on any atom is 0.0462 e. The summed E-state index contributed by atoms with van der Waals surface area (Å²) in [5.41, 5.74) is 14.5. The van der Waals surface area contributed by atoms with Crippen molar-refractivity contribution in [2.24, 2.45) is 0 Å². The van der Waals surface area contributed by atoms with Crippen LogP contribution < -0.4 is 9.80 Å². The molecule has 0 saturated heterocycles. The maximum absolute atomic E-state index is 2.50. The van der Waals surface area contributed by atoms with E-state index in [1.54, 1.807) is 0 Å². The molecule has 0 aromatic heterocycles. The Hall–Kier alpha value is -6.55. The van der Waals surface area contributed by atoms with Gasteiger partial charge in [0.05, 0.1) is 0 Å². The van der Waals surface area contributed by atoms with E-state index in [9.17, 15) is 0 Å². The first-order valence-electron chi connectivity index (χ1n) is 19.9. The van der Waals surface area contributed by atoms with Crippen molar-refractivity contribution in [3.63, 3.8) is 0 Å². The smallest absolute Gasteiger partial charge is 0.0462 e. The molecular formula is C54H46N2S. The van der Waals surface area contributed by atoms with Crippen molar-refractivity contribution in [1.29, 1.82) is 0 Å². The molecule has 0 radical (unpaired) electrons. The van der Waals surface area contributed by atoms with Gasteiger partial charge in [-0.3, -0.25) is 0 Å². The lowest BCUT2D eigenvalue weighted by molar-refractivity contribution is 1.25. The number of hydrogen-bond acceptors (Lipinski definition) is 2. The van der Waals surface area contributed by atoms with Crippen LogP contribution in [0.15, 0.2) is 216 Å². The summed E-state index contributed by atoms with van der Waals surface area (Å²) in [6.07, 6.45) is 4.68. The van der Waals surface area contributed by atoms with Crippen LogP contribution in [0.4, 0.5) is 34.1 Å². The monoisotopic (exact) mass is 754 g/mol. The van der Waals surface area contributed by atoms with E-state index in [1.807, 2.05) is 0 Å². The molecular weight excluding hydrogens is 709 g/mol. The summed E-state index contributed by atoms with van der Waals surface area (Å²) in [7, 11) is -1.36. The lowest BCUT2D eigenvalue weighted by Gasteiger charge is -2.41. The summed E-state index contributed by atoms with van der Waals surface area (Å²) in [5.74, 6) is 2.17. The second kappa shape index (κ2) is 15.9. The largest absolute Gasteiger partial charge is 0.311 e. The molecule has 0 unspecified atom stereocenters. The minimum Gasteiger partial charge on any atom is -0.311 e. The van der Waals surface area contributed by atoms with Crippen LogP contribution >= 0.6 is 10.0 Å². The molecule has 1 aliphatic heterocycles. The van der Waals surface area contributed by atoms with Gasteiger partial charge in [0.2, 0.25) is 0 Å². The topological polar surface area (TPSA) is 6.48 Å². The molecule has 0 spiro atoms. The highest BCUT2D eigenvalue weighted by Gasteiger charge is 2.31. The lowest BCUT2D eigenvalue weighted by atomic mass is 10.0. The third-order valence-corrected chi connectivity index (χ3v) is 15.6. The van der Waals surface area contributed by atoms with Gasteiger partial charge in [0.1, 0.15) is 0 Å². The molecule has 278 valence electrons. The van der Waals surface area contributed by atoms with Crippen molar-refractivity contribution in [2.45, 2.75) is 23.6 Å². The van der Waals surface area contributed by atoms with Gasteiger partial charge in [-0.2, -0.15) is 10.0 Å². The highest BCUT2D eigenvalue weighted by Crippen LogP contribution is 2.66. The predicted molar refractivity (Wildman–Crippen MR) is 247 cm³/mol. The van der Waals surface area contributed by atoms with E-state index < -0.39 is 10.0 Å². The predicted octanol–water partition coefficient (Wildman–Crippen LogP) is 15.7. The fraction of sp³-hybridized carbons (Fsp3) is 0.0741. The van der Waals surface area contributed by atoms with Crippen molar-refractivity contribution >= 4 is 56.3 Å².